The molecule has 5 nitrogen and oxygen atoms in total. The second-order valence-electron chi connectivity index (χ2n) is 3.75. The molecule has 0 fully saturated rings. The maximum absolute atomic E-state index is 11.4. The van der Waals surface area contributed by atoms with Crippen LogP contribution in [-0.2, 0) is 16.0 Å². The van der Waals surface area contributed by atoms with Gasteiger partial charge < -0.3 is 15.4 Å². The Bertz CT molecular complexity index is 438. The molecule has 0 radical (unpaired) electrons. The minimum absolute atomic E-state index is 0.187. The lowest BCUT2D eigenvalue weighted by Gasteiger charge is -2.08. The van der Waals surface area contributed by atoms with Crippen LogP contribution in [0.15, 0.2) is 24.3 Å². The van der Waals surface area contributed by atoms with Gasteiger partial charge in [-0.2, -0.15) is 0 Å². The van der Waals surface area contributed by atoms with Crippen molar-refractivity contribution in [3.63, 3.8) is 0 Å². The van der Waals surface area contributed by atoms with E-state index in [1.165, 1.54) is 0 Å². The number of halogens is 1. The molecule has 0 saturated heterocycles. The SMILES string of the molecule is CCOC(=O)Cc1cccc(NC(=O)NCCCl)c1. The van der Waals surface area contributed by atoms with Crippen LogP contribution in [0.4, 0.5) is 10.5 Å². The van der Waals surface area contributed by atoms with E-state index >= 15 is 0 Å². The number of urea groups is 1. The van der Waals surface area contributed by atoms with Gasteiger partial charge in [0.05, 0.1) is 13.0 Å². The number of nitrogens with one attached hydrogen (secondary N) is 2. The van der Waals surface area contributed by atoms with Crippen molar-refractivity contribution in [2.45, 2.75) is 13.3 Å². The Morgan fingerprint density at radius 3 is 2.84 bits per heavy atom. The fourth-order valence-corrected chi connectivity index (χ4v) is 1.57. The molecule has 1 rings (SSSR count). The van der Waals surface area contributed by atoms with Crippen LogP contribution >= 0.6 is 11.6 Å². The molecule has 0 aliphatic carbocycles. The Hall–Kier alpha value is -1.75. The van der Waals surface area contributed by atoms with Gasteiger partial charge in [0.1, 0.15) is 0 Å². The van der Waals surface area contributed by atoms with Crippen molar-refractivity contribution in [3.8, 4) is 0 Å². The highest BCUT2D eigenvalue weighted by atomic mass is 35.5. The number of alkyl halides is 1. The number of anilines is 1. The van der Waals surface area contributed by atoms with E-state index in [1.807, 2.05) is 0 Å². The highest BCUT2D eigenvalue weighted by molar-refractivity contribution is 6.18. The lowest BCUT2D eigenvalue weighted by Crippen LogP contribution is -2.30. The summed E-state index contributed by atoms with van der Waals surface area (Å²) in [5, 5.41) is 5.25. The van der Waals surface area contributed by atoms with Gasteiger partial charge in [0.25, 0.3) is 0 Å². The van der Waals surface area contributed by atoms with Gasteiger partial charge in [-0.05, 0) is 24.6 Å². The van der Waals surface area contributed by atoms with Gasteiger partial charge in [-0.1, -0.05) is 12.1 Å². The van der Waals surface area contributed by atoms with E-state index < -0.39 is 0 Å². The highest BCUT2D eigenvalue weighted by Gasteiger charge is 2.06. The van der Waals surface area contributed by atoms with E-state index in [0.717, 1.165) is 5.56 Å². The van der Waals surface area contributed by atoms with Crippen LogP contribution in [0.3, 0.4) is 0 Å². The van der Waals surface area contributed by atoms with Gasteiger partial charge in [0, 0.05) is 18.1 Å². The largest absolute Gasteiger partial charge is 0.466 e. The number of carbonyl (C=O) groups excluding carboxylic acids is 2. The van der Waals surface area contributed by atoms with Crippen LogP contribution in [-0.4, -0.2) is 31.0 Å². The summed E-state index contributed by atoms with van der Waals surface area (Å²) < 4.78 is 4.87. The van der Waals surface area contributed by atoms with E-state index in [0.29, 0.717) is 24.7 Å². The van der Waals surface area contributed by atoms with Crippen LogP contribution in [0.1, 0.15) is 12.5 Å². The number of amides is 2. The molecular weight excluding hydrogens is 268 g/mol. The number of rotatable bonds is 6. The summed E-state index contributed by atoms with van der Waals surface area (Å²) >= 11 is 5.47. The molecule has 0 aromatic heterocycles. The average molecular weight is 285 g/mol. The second kappa shape index (κ2) is 8.37. The number of benzene rings is 1. The summed E-state index contributed by atoms with van der Waals surface area (Å²) in [5.74, 6) is 0.0716. The quantitative estimate of drug-likeness (QED) is 0.621. The van der Waals surface area contributed by atoms with Crippen molar-refractivity contribution in [3.05, 3.63) is 29.8 Å². The first-order valence-corrected chi connectivity index (χ1v) is 6.54. The second-order valence-corrected chi connectivity index (χ2v) is 4.13. The van der Waals surface area contributed by atoms with Crippen molar-refractivity contribution < 1.29 is 14.3 Å². The van der Waals surface area contributed by atoms with Gasteiger partial charge >= 0.3 is 12.0 Å². The molecule has 2 N–H and O–H groups in total. The Morgan fingerprint density at radius 1 is 1.37 bits per heavy atom. The first-order valence-electron chi connectivity index (χ1n) is 6.01. The fraction of sp³-hybridized carbons (Fsp3) is 0.385. The van der Waals surface area contributed by atoms with Gasteiger partial charge in [-0.3, -0.25) is 4.79 Å². The van der Waals surface area contributed by atoms with E-state index in [4.69, 9.17) is 16.3 Å². The van der Waals surface area contributed by atoms with E-state index in [9.17, 15) is 9.59 Å². The smallest absolute Gasteiger partial charge is 0.319 e. The normalized spacial score (nSPS) is 9.79. The van der Waals surface area contributed by atoms with Crippen molar-refractivity contribution >= 4 is 29.3 Å². The first-order chi connectivity index (χ1) is 9.15. The molecule has 0 unspecified atom stereocenters. The molecule has 0 saturated carbocycles. The molecule has 0 aliphatic rings. The van der Waals surface area contributed by atoms with Crippen LogP contribution in [0, 0.1) is 0 Å². The number of esters is 1. The highest BCUT2D eigenvalue weighted by Crippen LogP contribution is 2.11. The van der Waals surface area contributed by atoms with Crippen molar-refractivity contribution in [2.24, 2.45) is 0 Å². The summed E-state index contributed by atoms with van der Waals surface area (Å²) in [4.78, 5) is 22.8. The molecule has 104 valence electrons. The van der Waals surface area contributed by atoms with Crippen molar-refractivity contribution in [1.29, 1.82) is 0 Å². The standard InChI is InChI=1S/C13H17ClN2O3/c1-2-19-12(17)9-10-4-3-5-11(8-10)16-13(18)15-7-6-14/h3-5,8H,2,6-7,9H2,1H3,(H2,15,16,18). The van der Waals surface area contributed by atoms with Crippen LogP contribution in [0.2, 0.25) is 0 Å². The van der Waals surface area contributed by atoms with E-state index in [-0.39, 0.29) is 18.4 Å². The third kappa shape index (κ3) is 6.10. The number of hydrogen-bond donors (Lipinski definition) is 2. The Labute approximate surface area is 117 Å². The summed E-state index contributed by atoms with van der Waals surface area (Å²) in [5.41, 5.74) is 1.41. The van der Waals surface area contributed by atoms with Crippen LogP contribution < -0.4 is 10.6 Å². The Morgan fingerprint density at radius 2 is 2.16 bits per heavy atom. The maximum atomic E-state index is 11.4. The molecule has 2 amide bonds. The van der Waals surface area contributed by atoms with Crippen LogP contribution in [0.5, 0.6) is 0 Å². The molecule has 19 heavy (non-hydrogen) atoms. The predicted molar refractivity (Wildman–Crippen MR) is 74.5 cm³/mol. The summed E-state index contributed by atoms with van der Waals surface area (Å²) in [6, 6.07) is 6.73. The molecule has 0 spiro atoms. The molecule has 0 atom stereocenters. The topological polar surface area (TPSA) is 67.4 Å². The molecule has 0 heterocycles. The van der Waals surface area contributed by atoms with E-state index in [1.54, 1.807) is 31.2 Å². The van der Waals surface area contributed by atoms with Gasteiger partial charge in [-0.25, -0.2) is 4.79 Å². The minimum atomic E-state index is -0.325. The van der Waals surface area contributed by atoms with Gasteiger partial charge in [-0.15, -0.1) is 11.6 Å². The zero-order valence-electron chi connectivity index (χ0n) is 10.7. The summed E-state index contributed by atoms with van der Waals surface area (Å²) in [7, 11) is 0. The third-order valence-corrected chi connectivity index (χ3v) is 2.41. The molecule has 0 aliphatic heterocycles. The van der Waals surface area contributed by atoms with Crippen molar-refractivity contribution in [1.82, 2.24) is 5.32 Å². The minimum Gasteiger partial charge on any atom is -0.466 e. The van der Waals surface area contributed by atoms with Crippen molar-refractivity contribution in [2.75, 3.05) is 24.3 Å². The van der Waals surface area contributed by atoms with Gasteiger partial charge in [0.2, 0.25) is 0 Å². The molecule has 1 aromatic rings. The predicted octanol–water partition coefficient (Wildman–Crippen LogP) is 2.15. The van der Waals surface area contributed by atoms with Crippen LogP contribution in [0.25, 0.3) is 0 Å². The summed E-state index contributed by atoms with van der Waals surface area (Å²) in [6.07, 6.45) is 0.187. The number of hydrogen-bond acceptors (Lipinski definition) is 3. The lowest BCUT2D eigenvalue weighted by atomic mass is 10.1. The first kappa shape index (κ1) is 15.3. The molecule has 6 heteroatoms. The summed E-state index contributed by atoms with van der Waals surface area (Å²) in [6.45, 7) is 2.52. The van der Waals surface area contributed by atoms with E-state index in [2.05, 4.69) is 10.6 Å². The Balaban J connectivity index is 2.56. The molecular formula is C13H17ClN2O3. The monoisotopic (exact) mass is 284 g/mol. The average Bonchev–Trinajstić information content (AvgIpc) is 2.37. The fourth-order valence-electron chi connectivity index (χ4n) is 1.47. The Kier molecular flexibility index (Phi) is 6.74. The number of ether oxygens (including phenoxy) is 1. The molecule has 0 bridgehead atoms. The van der Waals surface area contributed by atoms with Gasteiger partial charge in [0.15, 0.2) is 0 Å². The maximum Gasteiger partial charge on any atom is 0.319 e. The lowest BCUT2D eigenvalue weighted by molar-refractivity contribution is -0.142. The molecule has 1 aromatic carbocycles. The number of carbonyl (C=O) groups is 2. The third-order valence-electron chi connectivity index (χ3n) is 2.22. The zero-order chi connectivity index (χ0) is 14.1. The zero-order valence-corrected chi connectivity index (χ0v) is 11.5.